The van der Waals surface area contributed by atoms with Crippen molar-refractivity contribution in [3.63, 3.8) is 0 Å². The van der Waals surface area contributed by atoms with Gasteiger partial charge in [-0.15, -0.1) is 0 Å². The number of benzene rings is 1. The van der Waals surface area contributed by atoms with Gasteiger partial charge in [-0.1, -0.05) is 12.1 Å². The van der Waals surface area contributed by atoms with Crippen molar-refractivity contribution in [3.05, 3.63) is 48.3 Å². The van der Waals surface area contributed by atoms with Crippen LogP contribution in [0.2, 0.25) is 0 Å². The summed E-state index contributed by atoms with van der Waals surface area (Å²) in [7, 11) is 1.51. The van der Waals surface area contributed by atoms with Crippen molar-refractivity contribution >= 4 is 11.8 Å². The summed E-state index contributed by atoms with van der Waals surface area (Å²) >= 11 is 0. The van der Waals surface area contributed by atoms with Gasteiger partial charge in [0.25, 0.3) is 0 Å². The maximum Gasteiger partial charge on any atom is 0.344 e. The Balaban J connectivity index is 1.78. The van der Waals surface area contributed by atoms with Crippen LogP contribution in [0.5, 0.6) is 11.5 Å². The molecule has 0 spiro atoms. The number of ketones is 1. The number of carbonyl (C=O) groups excluding carboxylic acids is 2. The fraction of sp³-hybridized carbons (Fsp3) is 0.200. The van der Waals surface area contributed by atoms with Crippen LogP contribution in [0.25, 0.3) is 0 Å². The summed E-state index contributed by atoms with van der Waals surface area (Å²) < 4.78 is 15.2. The number of Topliss-reactive ketones (excluding diaryl/α,β-unsaturated/α-hetero) is 1. The van der Waals surface area contributed by atoms with E-state index in [1.54, 1.807) is 42.6 Å². The number of hydrogen-bond donors (Lipinski definition) is 1. The predicted octanol–water partition coefficient (Wildman–Crippen LogP) is 1.83. The third kappa shape index (κ3) is 4.10. The van der Waals surface area contributed by atoms with E-state index in [0.29, 0.717) is 17.2 Å². The molecule has 0 amide bonds. The fourth-order valence-corrected chi connectivity index (χ4v) is 1.64. The van der Waals surface area contributed by atoms with Crippen molar-refractivity contribution < 1.29 is 23.8 Å². The number of methoxy groups -OCH3 is 1. The first kappa shape index (κ1) is 14.6. The molecule has 0 fully saturated rings. The first-order valence-corrected chi connectivity index (χ1v) is 6.28. The van der Waals surface area contributed by atoms with Crippen LogP contribution in [-0.4, -0.2) is 37.1 Å². The Hall–Kier alpha value is -2.76. The normalized spacial score (nSPS) is 9.95. The summed E-state index contributed by atoms with van der Waals surface area (Å²) in [5.41, 5.74) is 0.397. The number of nitrogens with one attached hydrogen (secondary N) is 1. The lowest BCUT2D eigenvalue weighted by atomic mass is 10.3. The number of esters is 1. The van der Waals surface area contributed by atoms with Crippen LogP contribution in [0, 0.1) is 0 Å². The molecule has 6 nitrogen and oxygen atoms in total. The number of carbonyl (C=O) groups is 2. The van der Waals surface area contributed by atoms with Crippen LogP contribution in [0.3, 0.4) is 0 Å². The number of rotatable bonds is 7. The Labute approximate surface area is 121 Å². The largest absolute Gasteiger partial charge is 0.493 e. The summed E-state index contributed by atoms with van der Waals surface area (Å²) in [4.78, 5) is 25.9. The molecule has 0 unspecified atom stereocenters. The Kier molecular flexibility index (Phi) is 4.98. The molecule has 0 aliphatic rings. The van der Waals surface area contributed by atoms with E-state index in [-0.39, 0.29) is 19.0 Å². The van der Waals surface area contributed by atoms with Crippen molar-refractivity contribution in [2.75, 3.05) is 20.3 Å². The van der Waals surface area contributed by atoms with Crippen LogP contribution in [0.4, 0.5) is 0 Å². The number of aromatic amines is 1. The van der Waals surface area contributed by atoms with Gasteiger partial charge >= 0.3 is 5.97 Å². The van der Waals surface area contributed by atoms with Crippen LogP contribution in [0.1, 0.15) is 10.5 Å². The molecule has 1 aromatic heterocycles. The number of H-pyrrole nitrogens is 1. The topological polar surface area (TPSA) is 77.6 Å². The maximum absolute atomic E-state index is 11.6. The molecule has 110 valence electrons. The van der Waals surface area contributed by atoms with Crippen LogP contribution in [-0.2, 0) is 9.53 Å². The smallest absolute Gasteiger partial charge is 0.344 e. The number of ether oxygens (including phenoxy) is 3. The summed E-state index contributed by atoms with van der Waals surface area (Å²) in [5.74, 6) is 0.0341. The molecular formula is C15H15NO5. The third-order valence-electron chi connectivity index (χ3n) is 2.68. The first-order chi connectivity index (χ1) is 10.2. The van der Waals surface area contributed by atoms with Gasteiger partial charge in [0.1, 0.15) is 0 Å². The standard InChI is InChI=1S/C15H15NO5/c1-19-13-6-2-3-7-14(13)20-10-15(18)21-9-12(17)11-5-4-8-16-11/h2-8,16H,9-10H2,1H3. The zero-order valence-electron chi connectivity index (χ0n) is 11.5. The highest BCUT2D eigenvalue weighted by molar-refractivity contribution is 5.96. The van der Waals surface area contributed by atoms with Gasteiger partial charge in [-0.2, -0.15) is 0 Å². The second kappa shape index (κ2) is 7.14. The Morgan fingerprint density at radius 3 is 2.48 bits per heavy atom. The number of aromatic nitrogens is 1. The van der Waals surface area contributed by atoms with Crippen molar-refractivity contribution in [2.24, 2.45) is 0 Å². The summed E-state index contributed by atoms with van der Waals surface area (Å²) in [5, 5.41) is 0. The fourth-order valence-electron chi connectivity index (χ4n) is 1.64. The molecule has 0 radical (unpaired) electrons. The molecule has 0 atom stereocenters. The number of para-hydroxylation sites is 2. The average molecular weight is 289 g/mol. The maximum atomic E-state index is 11.6. The Bertz CT molecular complexity index is 606. The van der Waals surface area contributed by atoms with Gasteiger partial charge in [0.15, 0.2) is 24.7 Å². The molecule has 2 aromatic rings. The molecule has 0 bridgehead atoms. The van der Waals surface area contributed by atoms with E-state index in [9.17, 15) is 9.59 Å². The van der Waals surface area contributed by atoms with Crippen LogP contribution >= 0.6 is 0 Å². The molecule has 1 aromatic carbocycles. The van der Waals surface area contributed by atoms with E-state index in [2.05, 4.69) is 4.98 Å². The Morgan fingerprint density at radius 1 is 1.05 bits per heavy atom. The minimum absolute atomic E-state index is 0.293. The zero-order chi connectivity index (χ0) is 15.1. The highest BCUT2D eigenvalue weighted by Gasteiger charge is 2.12. The summed E-state index contributed by atoms with van der Waals surface area (Å²) in [6.07, 6.45) is 1.62. The summed E-state index contributed by atoms with van der Waals surface area (Å²) in [6.45, 7) is -0.618. The van der Waals surface area contributed by atoms with E-state index in [0.717, 1.165) is 0 Å². The van der Waals surface area contributed by atoms with E-state index in [4.69, 9.17) is 14.2 Å². The van der Waals surface area contributed by atoms with Crippen LogP contribution < -0.4 is 9.47 Å². The lowest BCUT2D eigenvalue weighted by Crippen LogP contribution is -2.19. The highest BCUT2D eigenvalue weighted by atomic mass is 16.6. The summed E-state index contributed by atoms with van der Waals surface area (Å²) in [6, 6.07) is 10.3. The minimum Gasteiger partial charge on any atom is -0.493 e. The molecule has 21 heavy (non-hydrogen) atoms. The second-order valence-electron chi connectivity index (χ2n) is 4.11. The van der Waals surface area contributed by atoms with Crippen molar-refractivity contribution in [2.45, 2.75) is 0 Å². The lowest BCUT2D eigenvalue weighted by molar-refractivity contribution is -0.144. The molecule has 1 heterocycles. The lowest BCUT2D eigenvalue weighted by Gasteiger charge is -2.09. The van der Waals surface area contributed by atoms with Gasteiger partial charge in [-0.05, 0) is 24.3 Å². The van der Waals surface area contributed by atoms with Gasteiger partial charge < -0.3 is 19.2 Å². The number of hydrogen-bond acceptors (Lipinski definition) is 5. The van der Waals surface area contributed by atoms with Gasteiger partial charge in [-0.25, -0.2) is 4.79 Å². The predicted molar refractivity (Wildman–Crippen MR) is 74.6 cm³/mol. The second-order valence-corrected chi connectivity index (χ2v) is 4.11. The minimum atomic E-state index is -0.624. The molecule has 0 aliphatic carbocycles. The molecule has 0 aliphatic heterocycles. The molecule has 6 heteroatoms. The van der Waals surface area contributed by atoms with Gasteiger partial charge in [-0.3, -0.25) is 4.79 Å². The monoisotopic (exact) mass is 289 g/mol. The molecule has 1 N–H and O–H groups in total. The quantitative estimate of drug-likeness (QED) is 0.621. The van der Waals surface area contributed by atoms with Crippen molar-refractivity contribution in [1.29, 1.82) is 0 Å². The van der Waals surface area contributed by atoms with Gasteiger partial charge in [0.05, 0.1) is 12.8 Å². The third-order valence-corrected chi connectivity index (χ3v) is 2.68. The van der Waals surface area contributed by atoms with E-state index in [1.807, 2.05) is 0 Å². The SMILES string of the molecule is COc1ccccc1OCC(=O)OCC(=O)c1ccc[nH]1. The van der Waals surface area contributed by atoms with E-state index in [1.165, 1.54) is 7.11 Å². The zero-order valence-corrected chi connectivity index (χ0v) is 11.5. The van der Waals surface area contributed by atoms with Crippen molar-refractivity contribution in [3.8, 4) is 11.5 Å². The van der Waals surface area contributed by atoms with E-state index >= 15 is 0 Å². The van der Waals surface area contributed by atoms with Crippen molar-refractivity contribution in [1.82, 2.24) is 4.98 Å². The van der Waals surface area contributed by atoms with Gasteiger partial charge in [0.2, 0.25) is 5.78 Å². The molecule has 0 saturated carbocycles. The first-order valence-electron chi connectivity index (χ1n) is 6.28. The van der Waals surface area contributed by atoms with E-state index < -0.39 is 5.97 Å². The Morgan fingerprint density at radius 2 is 1.81 bits per heavy atom. The van der Waals surface area contributed by atoms with Gasteiger partial charge in [0, 0.05) is 6.20 Å². The molecule has 2 rings (SSSR count). The highest BCUT2D eigenvalue weighted by Crippen LogP contribution is 2.25. The average Bonchev–Trinajstić information content (AvgIpc) is 3.05. The van der Waals surface area contributed by atoms with Crippen LogP contribution in [0.15, 0.2) is 42.6 Å². The molecule has 0 saturated heterocycles. The molecular weight excluding hydrogens is 274 g/mol.